The summed E-state index contributed by atoms with van der Waals surface area (Å²) in [6.45, 7) is 1.43. The second-order valence-corrected chi connectivity index (χ2v) is 3.14. The Labute approximate surface area is 85.2 Å². The minimum Gasteiger partial charge on any atom is -0.326 e. The highest BCUT2D eigenvalue weighted by Crippen LogP contribution is 2.13. The van der Waals surface area contributed by atoms with Gasteiger partial charge in [-0.1, -0.05) is 0 Å². The van der Waals surface area contributed by atoms with Crippen molar-refractivity contribution in [3.05, 3.63) is 34.9 Å². The van der Waals surface area contributed by atoms with Gasteiger partial charge in [0, 0.05) is 12.6 Å². The van der Waals surface area contributed by atoms with Gasteiger partial charge in [-0.3, -0.25) is 9.59 Å². The van der Waals surface area contributed by atoms with E-state index in [-0.39, 0.29) is 11.5 Å². The monoisotopic (exact) mass is 203 g/mol. The van der Waals surface area contributed by atoms with Crippen LogP contribution in [0.5, 0.6) is 0 Å². The fourth-order valence-corrected chi connectivity index (χ4v) is 1.35. The van der Waals surface area contributed by atoms with Gasteiger partial charge < -0.3 is 10.3 Å². The summed E-state index contributed by atoms with van der Waals surface area (Å²) in [6, 6.07) is 4.96. The van der Waals surface area contributed by atoms with Crippen LogP contribution >= 0.6 is 0 Å². The molecule has 1 aromatic heterocycles. The summed E-state index contributed by atoms with van der Waals surface area (Å²) >= 11 is 0. The predicted molar refractivity (Wildman–Crippen MR) is 56.7 cm³/mol. The molecule has 1 heterocycles. The number of amides is 1. The molecule has 0 fully saturated rings. The van der Waals surface area contributed by atoms with Crippen LogP contribution in [0.4, 0.5) is 5.69 Å². The third-order valence-electron chi connectivity index (χ3n) is 1.96. The molecule has 0 unspecified atom stereocenters. The van der Waals surface area contributed by atoms with Crippen molar-refractivity contribution in [1.29, 1.82) is 0 Å². The van der Waals surface area contributed by atoms with E-state index >= 15 is 0 Å². The van der Waals surface area contributed by atoms with Crippen molar-refractivity contribution < 1.29 is 4.79 Å². The van der Waals surface area contributed by atoms with Crippen LogP contribution in [0.15, 0.2) is 29.3 Å². The Kier molecular flexibility index (Phi) is 2.21. The first-order valence-electron chi connectivity index (χ1n) is 4.42. The second-order valence-electron chi connectivity index (χ2n) is 3.14. The molecule has 1 amide bonds. The summed E-state index contributed by atoms with van der Waals surface area (Å²) in [4.78, 5) is 28.6. The lowest BCUT2D eigenvalue weighted by Gasteiger charge is -2.02. The largest absolute Gasteiger partial charge is 0.326 e. The highest BCUT2D eigenvalue weighted by atomic mass is 16.1. The van der Waals surface area contributed by atoms with Crippen molar-refractivity contribution in [3.63, 3.8) is 0 Å². The van der Waals surface area contributed by atoms with Crippen molar-refractivity contribution in [1.82, 2.24) is 9.97 Å². The SMILES string of the molecule is CC(=O)Nc1ccc2c(=O)[nH]cnc2c1. The fourth-order valence-electron chi connectivity index (χ4n) is 1.35. The lowest BCUT2D eigenvalue weighted by Crippen LogP contribution is -2.08. The number of benzene rings is 1. The third-order valence-corrected chi connectivity index (χ3v) is 1.96. The maximum atomic E-state index is 11.3. The Morgan fingerprint density at radius 2 is 2.27 bits per heavy atom. The fraction of sp³-hybridized carbons (Fsp3) is 0.100. The minimum absolute atomic E-state index is 0.154. The van der Waals surface area contributed by atoms with Crippen LogP contribution in [0.2, 0.25) is 0 Å². The van der Waals surface area contributed by atoms with Crippen LogP contribution in [0.3, 0.4) is 0 Å². The van der Waals surface area contributed by atoms with E-state index in [4.69, 9.17) is 0 Å². The Balaban J connectivity index is 2.57. The van der Waals surface area contributed by atoms with E-state index in [1.807, 2.05) is 0 Å². The standard InChI is InChI=1S/C10H9N3O2/c1-6(14)13-7-2-3-8-9(4-7)11-5-12-10(8)15/h2-5H,1H3,(H,13,14)(H,11,12,15). The quantitative estimate of drug-likeness (QED) is 0.722. The molecular weight excluding hydrogens is 194 g/mol. The number of aromatic nitrogens is 2. The van der Waals surface area contributed by atoms with E-state index < -0.39 is 0 Å². The topological polar surface area (TPSA) is 74.8 Å². The summed E-state index contributed by atoms with van der Waals surface area (Å²) in [6.07, 6.45) is 1.34. The Bertz CT molecular complexity index is 574. The van der Waals surface area contributed by atoms with Crippen LogP contribution < -0.4 is 10.9 Å². The Hall–Kier alpha value is -2.17. The summed E-state index contributed by atoms with van der Waals surface area (Å²) in [5.74, 6) is -0.154. The molecule has 76 valence electrons. The van der Waals surface area contributed by atoms with Crippen molar-refractivity contribution in [3.8, 4) is 0 Å². The number of rotatable bonds is 1. The van der Waals surface area contributed by atoms with Gasteiger partial charge in [0.25, 0.3) is 5.56 Å². The molecule has 2 N–H and O–H groups in total. The molecule has 2 rings (SSSR count). The second kappa shape index (κ2) is 3.53. The zero-order valence-corrected chi connectivity index (χ0v) is 8.07. The molecule has 5 heteroatoms. The number of anilines is 1. The first-order chi connectivity index (χ1) is 7.16. The van der Waals surface area contributed by atoms with Gasteiger partial charge in [0.1, 0.15) is 0 Å². The Morgan fingerprint density at radius 1 is 1.47 bits per heavy atom. The van der Waals surface area contributed by atoms with Gasteiger partial charge in [-0.25, -0.2) is 4.98 Å². The number of nitrogens with zero attached hydrogens (tertiary/aromatic N) is 1. The van der Waals surface area contributed by atoms with Crippen LogP contribution in [0, 0.1) is 0 Å². The van der Waals surface area contributed by atoms with Crippen molar-refractivity contribution in [2.75, 3.05) is 5.32 Å². The van der Waals surface area contributed by atoms with Gasteiger partial charge in [-0.05, 0) is 18.2 Å². The molecule has 0 saturated heterocycles. The van der Waals surface area contributed by atoms with Gasteiger partial charge in [-0.2, -0.15) is 0 Å². The number of carbonyl (C=O) groups is 1. The van der Waals surface area contributed by atoms with Gasteiger partial charge >= 0.3 is 0 Å². The van der Waals surface area contributed by atoms with E-state index in [9.17, 15) is 9.59 Å². The maximum Gasteiger partial charge on any atom is 0.258 e. The molecule has 0 radical (unpaired) electrons. The molecular formula is C10H9N3O2. The molecule has 15 heavy (non-hydrogen) atoms. The summed E-state index contributed by atoms with van der Waals surface area (Å²) in [5, 5.41) is 3.13. The Morgan fingerprint density at radius 3 is 3.00 bits per heavy atom. The lowest BCUT2D eigenvalue weighted by atomic mass is 10.2. The molecule has 0 aliphatic carbocycles. The molecule has 5 nitrogen and oxygen atoms in total. The van der Waals surface area contributed by atoms with Gasteiger partial charge in [-0.15, -0.1) is 0 Å². The molecule has 0 spiro atoms. The zero-order chi connectivity index (χ0) is 10.8. The maximum absolute atomic E-state index is 11.3. The van der Waals surface area contributed by atoms with Crippen molar-refractivity contribution in [2.24, 2.45) is 0 Å². The van der Waals surface area contributed by atoms with E-state index in [2.05, 4.69) is 15.3 Å². The van der Waals surface area contributed by atoms with E-state index in [0.717, 1.165) is 0 Å². The number of nitrogens with one attached hydrogen (secondary N) is 2. The number of hydrogen-bond acceptors (Lipinski definition) is 3. The highest BCUT2D eigenvalue weighted by Gasteiger charge is 2.01. The van der Waals surface area contributed by atoms with Crippen LogP contribution in [-0.4, -0.2) is 15.9 Å². The first-order valence-corrected chi connectivity index (χ1v) is 4.42. The van der Waals surface area contributed by atoms with Gasteiger partial charge in [0.05, 0.1) is 17.2 Å². The molecule has 2 aromatic rings. The van der Waals surface area contributed by atoms with Crippen molar-refractivity contribution in [2.45, 2.75) is 6.92 Å². The summed E-state index contributed by atoms with van der Waals surface area (Å²) in [7, 11) is 0. The zero-order valence-electron chi connectivity index (χ0n) is 8.07. The predicted octanol–water partition coefficient (Wildman–Crippen LogP) is 0.881. The molecule has 0 atom stereocenters. The van der Waals surface area contributed by atoms with Crippen LogP contribution in [0.1, 0.15) is 6.92 Å². The normalized spacial score (nSPS) is 10.2. The smallest absolute Gasteiger partial charge is 0.258 e. The van der Waals surface area contributed by atoms with Crippen LogP contribution in [0.25, 0.3) is 10.9 Å². The highest BCUT2D eigenvalue weighted by molar-refractivity contribution is 5.91. The van der Waals surface area contributed by atoms with Crippen LogP contribution in [-0.2, 0) is 4.79 Å². The molecule has 1 aromatic carbocycles. The number of fused-ring (bicyclic) bond motifs is 1. The lowest BCUT2D eigenvalue weighted by molar-refractivity contribution is -0.114. The molecule has 0 bridgehead atoms. The number of hydrogen-bond donors (Lipinski definition) is 2. The average molecular weight is 203 g/mol. The number of carbonyl (C=O) groups excluding carboxylic acids is 1. The minimum atomic E-state index is -0.186. The number of aromatic amines is 1. The first kappa shape index (κ1) is 9.39. The number of H-pyrrole nitrogens is 1. The van der Waals surface area contributed by atoms with Crippen molar-refractivity contribution >= 4 is 22.5 Å². The van der Waals surface area contributed by atoms with E-state index in [1.165, 1.54) is 13.3 Å². The molecule has 0 saturated carbocycles. The molecule has 0 aliphatic heterocycles. The van der Waals surface area contributed by atoms with Gasteiger partial charge in [0.15, 0.2) is 0 Å². The van der Waals surface area contributed by atoms with E-state index in [1.54, 1.807) is 18.2 Å². The third kappa shape index (κ3) is 1.85. The summed E-state index contributed by atoms with van der Waals surface area (Å²) in [5.41, 5.74) is 1.01. The van der Waals surface area contributed by atoms with E-state index in [0.29, 0.717) is 16.6 Å². The van der Waals surface area contributed by atoms with Gasteiger partial charge in [0.2, 0.25) is 5.91 Å². The summed E-state index contributed by atoms with van der Waals surface area (Å²) < 4.78 is 0. The molecule has 0 aliphatic rings. The average Bonchev–Trinajstić information content (AvgIpc) is 2.17.